The van der Waals surface area contributed by atoms with Gasteiger partial charge < -0.3 is 20.3 Å². The molecule has 0 aliphatic rings. The molecule has 2 heterocycles. The van der Waals surface area contributed by atoms with Crippen LogP contribution in [0.15, 0.2) is 41.2 Å². The first-order valence-electron chi connectivity index (χ1n) is 10.3. The third-order valence-corrected chi connectivity index (χ3v) is 4.70. The summed E-state index contributed by atoms with van der Waals surface area (Å²) < 4.78 is 44.3. The van der Waals surface area contributed by atoms with E-state index in [9.17, 15) is 22.8 Å². The molecule has 9 nitrogen and oxygen atoms in total. The Labute approximate surface area is 197 Å². The average molecular weight is 487 g/mol. The lowest BCUT2D eigenvalue weighted by molar-refractivity contribution is -0.138. The zero-order valence-corrected chi connectivity index (χ0v) is 18.6. The molecule has 3 rings (SSSR count). The number of hydrogen-bond donors (Lipinski definition) is 3. The number of carbonyl (C=O) groups excluding carboxylic acids is 2. The number of carbonyl (C=O) groups is 2. The minimum atomic E-state index is -4.56. The topological polar surface area (TPSA) is 130 Å². The van der Waals surface area contributed by atoms with Crippen molar-refractivity contribution in [1.82, 2.24) is 20.4 Å². The number of aromatic nitrogens is 3. The Morgan fingerprint density at radius 1 is 1.17 bits per heavy atom. The highest BCUT2D eigenvalue weighted by Crippen LogP contribution is 2.33. The molecule has 0 bridgehead atoms. The summed E-state index contributed by atoms with van der Waals surface area (Å²) in [5, 5.41) is 17.5. The summed E-state index contributed by atoms with van der Waals surface area (Å²) in [6.45, 7) is 2.82. The number of anilines is 1. The number of alkyl halides is 3. The molecule has 1 aromatic carbocycles. The average Bonchev–Trinajstić information content (AvgIpc) is 3.31. The Balaban J connectivity index is 1.66. The second kappa shape index (κ2) is 10.8. The van der Waals surface area contributed by atoms with Crippen LogP contribution >= 0.6 is 0 Å². The van der Waals surface area contributed by atoms with E-state index in [1.807, 2.05) is 0 Å². The highest BCUT2D eigenvalue weighted by Gasteiger charge is 2.32. The van der Waals surface area contributed by atoms with Crippen molar-refractivity contribution in [2.24, 2.45) is 0 Å². The molecule has 0 saturated heterocycles. The molecule has 0 aliphatic heterocycles. The van der Waals surface area contributed by atoms with E-state index in [-0.39, 0.29) is 41.4 Å². The van der Waals surface area contributed by atoms with E-state index in [0.717, 1.165) is 6.07 Å². The minimum absolute atomic E-state index is 0.0232. The fourth-order valence-electron chi connectivity index (χ4n) is 2.90. The van der Waals surface area contributed by atoms with Gasteiger partial charge in [0.05, 0.1) is 18.2 Å². The summed E-state index contributed by atoms with van der Waals surface area (Å²) in [4.78, 5) is 32.8. The molecule has 0 aliphatic carbocycles. The number of aryl methyl sites for hydroxylation is 1. The van der Waals surface area contributed by atoms with Crippen LogP contribution in [0.5, 0.6) is 0 Å². The molecule has 0 fully saturated rings. The molecule has 0 saturated carbocycles. The first-order chi connectivity index (χ1) is 16.6. The summed E-state index contributed by atoms with van der Waals surface area (Å²) in [5.41, 5.74) is -0.348. The van der Waals surface area contributed by atoms with Crippen LogP contribution in [0.2, 0.25) is 0 Å². The number of rotatable bonds is 6. The molecular weight excluding hydrogens is 467 g/mol. The van der Waals surface area contributed by atoms with Crippen LogP contribution in [0.25, 0.3) is 0 Å². The Morgan fingerprint density at radius 2 is 1.94 bits per heavy atom. The van der Waals surface area contributed by atoms with Crippen molar-refractivity contribution in [3.63, 3.8) is 0 Å². The van der Waals surface area contributed by atoms with Gasteiger partial charge in [0.1, 0.15) is 23.4 Å². The molecular formula is C23H20F3N5O4. The second-order valence-electron chi connectivity index (χ2n) is 7.36. The van der Waals surface area contributed by atoms with Crippen LogP contribution < -0.4 is 10.6 Å². The molecule has 3 aromatic rings. The number of aliphatic hydroxyl groups is 1. The molecule has 182 valence electrons. The molecule has 2 amide bonds. The predicted octanol–water partition coefficient (Wildman–Crippen LogP) is 3.27. The number of hydrogen-bond acceptors (Lipinski definition) is 7. The Morgan fingerprint density at radius 3 is 2.66 bits per heavy atom. The van der Waals surface area contributed by atoms with Crippen LogP contribution in [-0.4, -0.2) is 38.7 Å². The molecule has 3 N–H and O–H groups in total. The molecule has 12 heteroatoms. The number of benzene rings is 1. The van der Waals surface area contributed by atoms with Gasteiger partial charge in [0.25, 0.3) is 11.8 Å². The lowest BCUT2D eigenvalue weighted by Crippen LogP contribution is -2.27. The van der Waals surface area contributed by atoms with Gasteiger partial charge in [-0.05, 0) is 37.5 Å². The molecule has 0 spiro atoms. The van der Waals surface area contributed by atoms with Crippen LogP contribution in [0, 0.1) is 18.8 Å². The molecule has 0 radical (unpaired) electrons. The van der Waals surface area contributed by atoms with Crippen molar-refractivity contribution in [2.45, 2.75) is 32.5 Å². The van der Waals surface area contributed by atoms with E-state index < -0.39 is 29.6 Å². The van der Waals surface area contributed by atoms with Gasteiger partial charge in [-0.1, -0.05) is 17.1 Å². The van der Waals surface area contributed by atoms with Crippen molar-refractivity contribution in [2.75, 3.05) is 11.9 Å². The Kier molecular flexibility index (Phi) is 7.83. The smallest absolute Gasteiger partial charge is 0.395 e. The summed E-state index contributed by atoms with van der Waals surface area (Å²) in [5.74, 6) is 3.78. The van der Waals surface area contributed by atoms with Gasteiger partial charge >= 0.3 is 6.18 Å². The van der Waals surface area contributed by atoms with E-state index >= 15 is 0 Å². The summed E-state index contributed by atoms with van der Waals surface area (Å²) in [6, 6.07) is 5.38. The molecule has 2 aromatic heterocycles. The highest BCUT2D eigenvalue weighted by atomic mass is 19.4. The van der Waals surface area contributed by atoms with Gasteiger partial charge in [-0.3, -0.25) is 9.59 Å². The van der Waals surface area contributed by atoms with Gasteiger partial charge in [0.2, 0.25) is 5.76 Å². The van der Waals surface area contributed by atoms with Gasteiger partial charge in [0, 0.05) is 24.2 Å². The Bertz CT molecular complexity index is 1290. The first-order valence-corrected chi connectivity index (χ1v) is 10.3. The van der Waals surface area contributed by atoms with Crippen LogP contribution in [0.1, 0.15) is 62.9 Å². The number of halogens is 3. The highest BCUT2D eigenvalue weighted by molar-refractivity contribution is 6.02. The van der Waals surface area contributed by atoms with Crippen molar-refractivity contribution in [3.05, 3.63) is 70.6 Å². The molecule has 0 unspecified atom stereocenters. The van der Waals surface area contributed by atoms with Crippen molar-refractivity contribution < 1.29 is 32.4 Å². The summed E-state index contributed by atoms with van der Waals surface area (Å²) in [7, 11) is 0. The lowest BCUT2D eigenvalue weighted by atomic mass is 10.1. The number of aliphatic hydroxyl groups excluding tert-OH is 1. The fourth-order valence-corrected chi connectivity index (χ4v) is 2.90. The molecule has 1 atom stereocenters. The maximum Gasteiger partial charge on any atom is 0.416 e. The predicted molar refractivity (Wildman–Crippen MR) is 117 cm³/mol. The first kappa shape index (κ1) is 25.4. The normalized spacial score (nSPS) is 11.8. The SMILES string of the molecule is Cc1ccc(NC(=O)c2cc([C@H](C)NC(=O)c3cc(C#CCCO)ncn3)no2)cc1C(F)(F)F. The summed E-state index contributed by atoms with van der Waals surface area (Å²) in [6.07, 6.45) is -3.12. The van der Waals surface area contributed by atoms with Crippen molar-refractivity contribution >= 4 is 17.5 Å². The van der Waals surface area contributed by atoms with E-state index in [2.05, 4.69) is 37.6 Å². The van der Waals surface area contributed by atoms with E-state index in [1.165, 1.54) is 37.5 Å². The van der Waals surface area contributed by atoms with Gasteiger partial charge in [0.15, 0.2) is 0 Å². The second-order valence-corrected chi connectivity index (χ2v) is 7.36. The largest absolute Gasteiger partial charge is 0.416 e. The van der Waals surface area contributed by atoms with Gasteiger partial charge in [-0.25, -0.2) is 9.97 Å². The van der Waals surface area contributed by atoms with E-state index in [1.54, 1.807) is 6.92 Å². The Hall–Kier alpha value is -4.24. The lowest BCUT2D eigenvalue weighted by Gasteiger charge is -2.12. The zero-order chi connectivity index (χ0) is 25.6. The van der Waals surface area contributed by atoms with Crippen molar-refractivity contribution in [1.29, 1.82) is 0 Å². The fraction of sp³-hybridized carbons (Fsp3) is 0.261. The van der Waals surface area contributed by atoms with Crippen molar-refractivity contribution in [3.8, 4) is 11.8 Å². The van der Waals surface area contributed by atoms with E-state index in [0.29, 0.717) is 5.69 Å². The number of amides is 2. The third-order valence-electron chi connectivity index (χ3n) is 4.70. The van der Waals surface area contributed by atoms with E-state index in [4.69, 9.17) is 9.63 Å². The zero-order valence-electron chi connectivity index (χ0n) is 18.6. The molecule has 35 heavy (non-hydrogen) atoms. The van der Waals surface area contributed by atoms with Gasteiger partial charge in [-0.15, -0.1) is 0 Å². The van der Waals surface area contributed by atoms with Crippen LogP contribution in [0.4, 0.5) is 18.9 Å². The number of nitrogens with zero attached hydrogens (tertiary/aromatic N) is 3. The quantitative estimate of drug-likeness (QED) is 0.455. The maximum atomic E-state index is 13.1. The number of nitrogens with one attached hydrogen (secondary N) is 2. The van der Waals surface area contributed by atoms with Crippen LogP contribution in [0.3, 0.4) is 0 Å². The van der Waals surface area contributed by atoms with Crippen LogP contribution in [-0.2, 0) is 6.18 Å². The monoisotopic (exact) mass is 487 g/mol. The third kappa shape index (κ3) is 6.64. The van der Waals surface area contributed by atoms with Gasteiger partial charge in [-0.2, -0.15) is 13.2 Å². The maximum absolute atomic E-state index is 13.1. The minimum Gasteiger partial charge on any atom is -0.395 e. The summed E-state index contributed by atoms with van der Waals surface area (Å²) >= 11 is 0. The standard InChI is InChI=1S/C23H20F3N5O4/c1-13-6-7-16(9-17(13)23(24,25)26)30-22(34)20-11-18(31-35-20)14(2)29-21(33)19-10-15(27-12-28-19)5-3-4-8-32/h6-7,9-12,14,32H,4,8H2,1-2H3,(H,29,33)(H,30,34)/t14-/m0/s1.